The number of hydrogen-bond acceptors (Lipinski definition) is 5. The Balaban J connectivity index is 1.60. The predicted octanol–water partition coefficient (Wildman–Crippen LogP) is 0.760. The van der Waals surface area contributed by atoms with Crippen LogP contribution < -0.4 is 16.2 Å². The van der Waals surface area contributed by atoms with E-state index in [9.17, 15) is 14.4 Å². The molecule has 0 aliphatic carbocycles. The molecule has 0 saturated carbocycles. The van der Waals surface area contributed by atoms with Gasteiger partial charge in [0.15, 0.2) is 5.82 Å². The number of fused-ring (bicyclic) bond motifs is 1. The van der Waals surface area contributed by atoms with Crippen LogP contribution >= 0.6 is 0 Å². The quantitative estimate of drug-likeness (QED) is 0.644. The molecule has 3 N–H and O–H groups in total. The molecule has 9 nitrogen and oxygen atoms in total. The monoisotopic (exact) mass is 350 g/mol. The fraction of sp³-hybridized carbons (Fsp3) is 0.118. The van der Waals surface area contributed by atoms with Gasteiger partial charge in [0.1, 0.15) is 0 Å². The molecule has 3 aromatic rings. The molecule has 2 amide bonds. The number of nitrogens with one attached hydrogen (secondary N) is 3. The van der Waals surface area contributed by atoms with Crippen molar-refractivity contribution < 1.29 is 9.59 Å². The second-order valence-electron chi connectivity index (χ2n) is 5.84. The molecule has 1 aliphatic heterocycles. The zero-order chi connectivity index (χ0) is 18.3. The highest BCUT2D eigenvalue weighted by Gasteiger charge is 2.20. The van der Waals surface area contributed by atoms with Crippen molar-refractivity contribution in [2.24, 2.45) is 0 Å². The van der Waals surface area contributed by atoms with Gasteiger partial charge in [-0.3, -0.25) is 14.4 Å². The van der Waals surface area contributed by atoms with Crippen molar-refractivity contribution >= 4 is 17.5 Å². The van der Waals surface area contributed by atoms with E-state index in [1.807, 2.05) is 6.07 Å². The van der Waals surface area contributed by atoms with Gasteiger partial charge in [0.25, 0.3) is 17.4 Å². The summed E-state index contributed by atoms with van der Waals surface area (Å²) in [6.45, 7) is 2.23. The van der Waals surface area contributed by atoms with Gasteiger partial charge < -0.3 is 10.6 Å². The molecule has 2 aromatic heterocycles. The predicted molar refractivity (Wildman–Crippen MR) is 92.3 cm³/mol. The van der Waals surface area contributed by atoms with Crippen LogP contribution in [0.4, 0.5) is 5.69 Å². The molecule has 3 heterocycles. The number of benzene rings is 1. The minimum Gasteiger partial charge on any atom is -0.348 e. The molecular weight excluding hydrogens is 336 g/mol. The fourth-order valence-electron chi connectivity index (χ4n) is 2.81. The van der Waals surface area contributed by atoms with Crippen LogP contribution in [-0.2, 0) is 6.54 Å². The smallest absolute Gasteiger partial charge is 0.264 e. The number of rotatable bonds is 3. The summed E-state index contributed by atoms with van der Waals surface area (Å²) in [5, 5.41) is 15.9. The van der Waals surface area contributed by atoms with Crippen molar-refractivity contribution in [2.45, 2.75) is 13.5 Å². The Kier molecular flexibility index (Phi) is 3.61. The molecule has 0 atom stereocenters. The molecule has 0 bridgehead atoms. The molecule has 0 saturated heterocycles. The summed E-state index contributed by atoms with van der Waals surface area (Å²) in [4.78, 5) is 35.4. The van der Waals surface area contributed by atoms with Gasteiger partial charge in [0.05, 0.1) is 17.5 Å². The first-order valence-corrected chi connectivity index (χ1v) is 7.86. The molecule has 130 valence electrons. The lowest BCUT2D eigenvalue weighted by atomic mass is 10.1. The van der Waals surface area contributed by atoms with E-state index in [4.69, 9.17) is 0 Å². The van der Waals surface area contributed by atoms with E-state index in [-0.39, 0.29) is 17.4 Å². The maximum atomic E-state index is 12.6. The van der Waals surface area contributed by atoms with Crippen molar-refractivity contribution in [3.63, 3.8) is 0 Å². The summed E-state index contributed by atoms with van der Waals surface area (Å²) in [5.41, 5.74) is 2.61. The van der Waals surface area contributed by atoms with Crippen LogP contribution in [0.1, 0.15) is 32.0 Å². The average Bonchev–Trinajstić information content (AvgIpc) is 3.19. The number of aromatic nitrogens is 4. The third-order valence-corrected chi connectivity index (χ3v) is 4.19. The van der Waals surface area contributed by atoms with Crippen LogP contribution in [0.2, 0.25) is 0 Å². The summed E-state index contributed by atoms with van der Waals surface area (Å²) in [6.07, 6.45) is 1.43. The summed E-state index contributed by atoms with van der Waals surface area (Å²) < 4.78 is 1.46. The number of amides is 2. The fourth-order valence-corrected chi connectivity index (χ4v) is 2.81. The van der Waals surface area contributed by atoms with Gasteiger partial charge in [-0.15, -0.1) is 0 Å². The Morgan fingerprint density at radius 1 is 1.23 bits per heavy atom. The van der Waals surface area contributed by atoms with Gasteiger partial charge in [-0.05, 0) is 30.7 Å². The van der Waals surface area contributed by atoms with E-state index in [1.54, 1.807) is 19.1 Å². The molecule has 26 heavy (non-hydrogen) atoms. The molecule has 0 spiro atoms. The molecular formula is C17H14N6O3. The number of aromatic amines is 1. The third kappa shape index (κ3) is 2.65. The molecule has 0 fully saturated rings. The summed E-state index contributed by atoms with van der Waals surface area (Å²) in [6, 6.07) is 8.06. The summed E-state index contributed by atoms with van der Waals surface area (Å²) in [7, 11) is 0. The van der Waals surface area contributed by atoms with Crippen LogP contribution in [0, 0.1) is 6.92 Å². The Bertz CT molecular complexity index is 1080. The van der Waals surface area contributed by atoms with Crippen molar-refractivity contribution in [2.75, 3.05) is 5.32 Å². The lowest BCUT2D eigenvalue weighted by Crippen LogP contribution is -2.15. The molecule has 0 unspecified atom stereocenters. The number of carbonyl (C=O) groups is 2. The maximum Gasteiger partial charge on any atom is 0.264 e. The van der Waals surface area contributed by atoms with Crippen LogP contribution in [-0.4, -0.2) is 31.8 Å². The van der Waals surface area contributed by atoms with Gasteiger partial charge in [-0.2, -0.15) is 10.2 Å². The van der Waals surface area contributed by atoms with Gasteiger partial charge in [0, 0.05) is 23.9 Å². The van der Waals surface area contributed by atoms with E-state index >= 15 is 0 Å². The lowest BCUT2D eigenvalue weighted by molar-refractivity contribution is 0.0964. The lowest BCUT2D eigenvalue weighted by Gasteiger charge is -2.07. The Morgan fingerprint density at radius 3 is 2.85 bits per heavy atom. The van der Waals surface area contributed by atoms with E-state index in [1.165, 1.54) is 23.0 Å². The van der Waals surface area contributed by atoms with E-state index < -0.39 is 0 Å². The minimum atomic E-state index is -0.350. The average molecular weight is 350 g/mol. The molecule has 9 heteroatoms. The van der Waals surface area contributed by atoms with Crippen LogP contribution in [0.15, 0.2) is 41.3 Å². The largest absolute Gasteiger partial charge is 0.348 e. The standard InChI is InChI=1S/C17H14N6O3/c1-9-13(8-19-23(9)14-4-5-15(24)22-21-14)17(26)20-11-3-2-10-7-18-16(25)12(10)6-11/h2-6,8H,7H2,1H3,(H,18,25)(H,20,26)(H,22,24). The number of H-pyrrole nitrogens is 1. The number of nitrogens with zero attached hydrogens (tertiary/aromatic N) is 3. The van der Waals surface area contributed by atoms with Crippen molar-refractivity contribution in [3.8, 4) is 5.82 Å². The third-order valence-electron chi connectivity index (χ3n) is 4.19. The second-order valence-corrected chi connectivity index (χ2v) is 5.84. The molecule has 1 aliphatic rings. The zero-order valence-corrected chi connectivity index (χ0v) is 13.7. The number of anilines is 1. The summed E-state index contributed by atoms with van der Waals surface area (Å²) in [5.74, 6) is -0.101. The normalized spacial score (nSPS) is 12.6. The highest BCUT2D eigenvalue weighted by molar-refractivity contribution is 6.06. The Hall–Kier alpha value is -3.75. The molecule has 4 rings (SSSR count). The molecule has 1 aromatic carbocycles. The van der Waals surface area contributed by atoms with Crippen LogP contribution in [0.25, 0.3) is 5.82 Å². The SMILES string of the molecule is Cc1c(C(=O)Nc2ccc3c(c2)C(=O)NC3)cnn1-c1ccc(=O)[nH]n1. The van der Waals surface area contributed by atoms with E-state index in [2.05, 4.69) is 25.9 Å². The van der Waals surface area contributed by atoms with Crippen molar-refractivity contribution in [3.05, 3.63) is 69.3 Å². The minimum absolute atomic E-state index is 0.149. The zero-order valence-electron chi connectivity index (χ0n) is 13.7. The van der Waals surface area contributed by atoms with Crippen LogP contribution in [0.3, 0.4) is 0 Å². The number of carbonyl (C=O) groups excluding carboxylic acids is 2. The Labute approximate surface area is 147 Å². The Morgan fingerprint density at radius 2 is 2.08 bits per heavy atom. The maximum absolute atomic E-state index is 12.6. The van der Waals surface area contributed by atoms with E-state index in [0.717, 1.165) is 5.56 Å². The second kappa shape index (κ2) is 5.96. The first kappa shape index (κ1) is 15.8. The van der Waals surface area contributed by atoms with Gasteiger partial charge >= 0.3 is 0 Å². The number of hydrogen-bond donors (Lipinski definition) is 3. The highest BCUT2D eigenvalue weighted by atomic mass is 16.2. The summed E-state index contributed by atoms with van der Waals surface area (Å²) >= 11 is 0. The van der Waals surface area contributed by atoms with Crippen molar-refractivity contribution in [1.82, 2.24) is 25.3 Å². The van der Waals surface area contributed by atoms with Gasteiger partial charge in [-0.25, -0.2) is 9.78 Å². The van der Waals surface area contributed by atoms with Crippen LogP contribution in [0.5, 0.6) is 0 Å². The molecule has 0 radical (unpaired) electrons. The van der Waals surface area contributed by atoms with Gasteiger partial charge in [0.2, 0.25) is 0 Å². The highest BCUT2D eigenvalue weighted by Crippen LogP contribution is 2.21. The van der Waals surface area contributed by atoms with Gasteiger partial charge in [-0.1, -0.05) is 6.07 Å². The topological polar surface area (TPSA) is 122 Å². The van der Waals surface area contributed by atoms with Crippen molar-refractivity contribution in [1.29, 1.82) is 0 Å². The first-order chi connectivity index (χ1) is 12.5. The first-order valence-electron chi connectivity index (χ1n) is 7.86. The van der Waals surface area contributed by atoms with E-state index in [0.29, 0.717) is 34.9 Å².